The third-order valence-corrected chi connectivity index (χ3v) is 3.68. The molecule has 6 heteroatoms. The predicted molar refractivity (Wildman–Crippen MR) is 95.0 cm³/mol. The largest absolute Gasteiger partial charge is 0.486 e. The van der Waals surface area contributed by atoms with Crippen molar-refractivity contribution in [2.75, 3.05) is 19.0 Å². The van der Waals surface area contributed by atoms with E-state index in [1.165, 1.54) is 0 Å². The van der Waals surface area contributed by atoms with Crippen LogP contribution in [0.15, 0.2) is 36.7 Å². The summed E-state index contributed by atoms with van der Waals surface area (Å²) in [5.74, 6) is 0.324. The number of pyridine rings is 1. The van der Waals surface area contributed by atoms with Crippen LogP contribution in [0.1, 0.15) is 29.8 Å². The lowest BCUT2D eigenvalue weighted by atomic mass is 10.1. The first-order chi connectivity index (χ1) is 11.5. The quantitative estimate of drug-likeness (QED) is 0.822. The maximum absolute atomic E-state index is 12.6. The number of ether oxygens (including phenoxy) is 2. The number of carbonyl (C=O) groups excluding carboxylic acids is 1. The van der Waals surface area contributed by atoms with Gasteiger partial charge in [-0.25, -0.2) is 0 Å². The van der Waals surface area contributed by atoms with Gasteiger partial charge in [-0.2, -0.15) is 0 Å². The first-order valence-electron chi connectivity index (χ1n) is 7.74. The van der Waals surface area contributed by atoms with Gasteiger partial charge in [-0.3, -0.25) is 9.78 Å². The Morgan fingerprint density at radius 1 is 1.38 bits per heavy atom. The number of carbonyl (C=O) groups is 1. The SMILES string of the molecule is CCc1cnccc1C(=O)Nc1cc(Cl)ccc1OC(C)COC. The number of nitrogens with one attached hydrogen (secondary N) is 1. The van der Waals surface area contributed by atoms with Crippen molar-refractivity contribution in [1.82, 2.24) is 4.98 Å². The third-order valence-electron chi connectivity index (χ3n) is 3.45. The number of halogens is 1. The summed E-state index contributed by atoms with van der Waals surface area (Å²) in [5, 5.41) is 3.39. The van der Waals surface area contributed by atoms with Crippen molar-refractivity contribution >= 4 is 23.2 Å². The number of benzene rings is 1. The molecular weight excluding hydrogens is 328 g/mol. The summed E-state index contributed by atoms with van der Waals surface area (Å²) in [5.41, 5.74) is 1.99. The second-order valence-electron chi connectivity index (χ2n) is 5.36. The van der Waals surface area contributed by atoms with E-state index in [-0.39, 0.29) is 12.0 Å². The van der Waals surface area contributed by atoms with E-state index < -0.39 is 0 Å². The van der Waals surface area contributed by atoms with E-state index in [1.807, 2.05) is 13.8 Å². The Morgan fingerprint density at radius 2 is 2.17 bits per heavy atom. The van der Waals surface area contributed by atoms with E-state index in [1.54, 1.807) is 43.8 Å². The molecule has 0 aliphatic rings. The van der Waals surface area contributed by atoms with Crippen molar-refractivity contribution in [3.63, 3.8) is 0 Å². The lowest BCUT2D eigenvalue weighted by Gasteiger charge is -2.18. The minimum atomic E-state index is -0.222. The first kappa shape index (κ1) is 18.2. The van der Waals surface area contributed by atoms with E-state index in [9.17, 15) is 4.79 Å². The van der Waals surface area contributed by atoms with E-state index in [2.05, 4.69) is 10.3 Å². The summed E-state index contributed by atoms with van der Waals surface area (Å²) in [4.78, 5) is 16.7. The molecule has 0 radical (unpaired) electrons. The molecule has 1 aromatic carbocycles. The average molecular weight is 349 g/mol. The van der Waals surface area contributed by atoms with E-state index in [0.717, 1.165) is 12.0 Å². The normalized spacial score (nSPS) is 11.8. The number of methoxy groups -OCH3 is 1. The topological polar surface area (TPSA) is 60.5 Å². The van der Waals surface area contributed by atoms with Crippen molar-refractivity contribution in [1.29, 1.82) is 0 Å². The number of anilines is 1. The molecule has 0 bridgehead atoms. The van der Waals surface area contributed by atoms with Crippen LogP contribution < -0.4 is 10.1 Å². The summed E-state index contributed by atoms with van der Waals surface area (Å²) in [6.07, 6.45) is 3.87. The van der Waals surface area contributed by atoms with Crippen LogP contribution >= 0.6 is 11.6 Å². The van der Waals surface area contributed by atoms with Gasteiger partial charge in [0.15, 0.2) is 0 Å². The fourth-order valence-corrected chi connectivity index (χ4v) is 2.48. The van der Waals surface area contributed by atoms with Gasteiger partial charge >= 0.3 is 0 Å². The molecule has 1 amide bonds. The molecule has 1 atom stereocenters. The molecule has 128 valence electrons. The molecule has 1 unspecified atom stereocenters. The maximum Gasteiger partial charge on any atom is 0.256 e. The van der Waals surface area contributed by atoms with Crippen LogP contribution in [0, 0.1) is 0 Å². The highest BCUT2D eigenvalue weighted by Crippen LogP contribution is 2.29. The van der Waals surface area contributed by atoms with Gasteiger partial charge < -0.3 is 14.8 Å². The monoisotopic (exact) mass is 348 g/mol. The second kappa shape index (κ2) is 8.66. The van der Waals surface area contributed by atoms with E-state index >= 15 is 0 Å². The third kappa shape index (κ3) is 4.69. The highest BCUT2D eigenvalue weighted by molar-refractivity contribution is 6.31. The van der Waals surface area contributed by atoms with Gasteiger partial charge in [-0.15, -0.1) is 0 Å². The molecule has 2 aromatic rings. The molecule has 2 rings (SSSR count). The molecule has 1 N–H and O–H groups in total. The first-order valence-corrected chi connectivity index (χ1v) is 8.12. The zero-order chi connectivity index (χ0) is 17.5. The average Bonchev–Trinajstić information content (AvgIpc) is 2.57. The second-order valence-corrected chi connectivity index (χ2v) is 5.80. The van der Waals surface area contributed by atoms with Gasteiger partial charge in [0.2, 0.25) is 0 Å². The van der Waals surface area contributed by atoms with E-state index in [0.29, 0.717) is 28.6 Å². The number of hydrogen-bond donors (Lipinski definition) is 1. The van der Waals surface area contributed by atoms with Gasteiger partial charge in [0.25, 0.3) is 5.91 Å². The minimum Gasteiger partial charge on any atom is -0.486 e. The van der Waals surface area contributed by atoms with E-state index in [4.69, 9.17) is 21.1 Å². The lowest BCUT2D eigenvalue weighted by molar-refractivity contribution is 0.0921. The zero-order valence-corrected chi connectivity index (χ0v) is 14.8. The Morgan fingerprint density at radius 3 is 2.88 bits per heavy atom. The van der Waals surface area contributed by atoms with Gasteiger partial charge in [0, 0.05) is 30.1 Å². The smallest absolute Gasteiger partial charge is 0.256 e. The molecule has 0 aliphatic heterocycles. The Bertz CT molecular complexity index is 706. The van der Waals surface area contributed by atoms with Crippen LogP contribution in [0.5, 0.6) is 5.75 Å². The van der Waals surface area contributed by atoms with Crippen molar-refractivity contribution in [2.45, 2.75) is 26.4 Å². The van der Waals surface area contributed by atoms with Gasteiger partial charge in [0.05, 0.1) is 12.3 Å². The van der Waals surface area contributed by atoms with Crippen LogP contribution in [-0.2, 0) is 11.2 Å². The molecule has 5 nitrogen and oxygen atoms in total. The number of aryl methyl sites for hydroxylation is 1. The van der Waals surface area contributed by atoms with Crippen LogP contribution in [0.4, 0.5) is 5.69 Å². The number of hydrogen-bond acceptors (Lipinski definition) is 4. The summed E-state index contributed by atoms with van der Waals surface area (Å²) < 4.78 is 10.9. The Hall–Kier alpha value is -2.11. The summed E-state index contributed by atoms with van der Waals surface area (Å²) in [7, 11) is 1.61. The Balaban J connectivity index is 2.24. The van der Waals surface area contributed by atoms with Crippen molar-refractivity contribution in [3.05, 3.63) is 52.8 Å². The molecular formula is C18H21ClN2O3. The van der Waals surface area contributed by atoms with Gasteiger partial charge in [-0.05, 0) is 43.2 Å². The van der Waals surface area contributed by atoms with Crippen molar-refractivity contribution in [3.8, 4) is 5.75 Å². The molecule has 1 aromatic heterocycles. The lowest BCUT2D eigenvalue weighted by Crippen LogP contribution is -2.20. The number of aromatic nitrogens is 1. The molecule has 24 heavy (non-hydrogen) atoms. The predicted octanol–water partition coefficient (Wildman–Crippen LogP) is 3.96. The molecule has 0 saturated heterocycles. The molecule has 0 fully saturated rings. The zero-order valence-electron chi connectivity index (χ0n) is 14.0. The number of nitrogens with zero attached hydrogens (tertiary/aromatic N) is 1. The number of rotatable bonds is 7. The Labute approximate surface area is 147 Å². The highest BCUT2D eigenvalue weighted by Gasteiger charge is 2.15. The van der Waals surface area contributed by atoms with Gasteiger partial charge in [0.1, 0.15) is 11.9 Å². The highest BCUT2D eigenvalue weighted by atomic mass is 35.5. The fraction of sp³-hybridized carbons (Fsp3) is 0.333. The van der Waals surface area contributed by atoms with Crippen LogP contribution in [0.3, 0.4) is 0 Å². The maximum atomic E-state index is 12.6. The molecule has 1 heterocycles. The molecule has 0 saturated carbocycles. The molecule has 0 aliphatic carbocycles. The summed E-state index contributed by atoms with van der Waals surface area (Å²) >= 11 is 6.06. The van der Waals surface area contributed by atoms with Crippen LogP contribution in [-0.4, -0.2) is 30.7 Å². The summed E-state index contributed by atoms with van der Waals surface area (Å²) in [6, 6.07) is 6.82. The Kier molecular flexibility index (Phi) is 6.58. The number of amides is 1. The molecule has 0 spiro atoms. The van der Waals surface area contributed by atoms with Crippen LogP contribution in [0.25, 0.3) is 0 Å². The van der Waals surface area contributed by atoms with Crippen molar-refractivity contribution in [2.24, 2.45) is 0 Å². The standard InChI is InChI=1S/C18H21ClN2O3/c1-4-13-10-20-8-7-15(13)18(22)21-16-9-14(19)5-6-17(16)24-12(2)11-23-3/h5-10,12H,4,11H2,1-3H3,(H,21,22). The minimum absolute atomic E-state index is 0.154. The van der Waals surface area contributed by atoms with Crippen LogP contribution in [0.2, 0.25) is 5.02 Å². The fourth-order valence-electron chi connectivity index (χ4n) is 2.31. The van der Waals surface area contributed by atoms with Crippen molar-refractivity contribution < 1.29 is 14.3 Å². The van der Waals surface area contributed by atoms with Gasteiger partial charge in [-0.1, -0.05) is 18.5 Å². The summed E-state index contributed by atoms with van der Waals surface area (Å²) in [6.45, 7) is 4.32.